The minimum Gasteiger partial charge on any atom is -0.478 e. The van der Waals surface area contributed by atoms with Crippen LogP contribution >= 0.6 is 0 Å². The quantitative estimate of drug-likeness (QED) is 0.306. The fourth-order valence-corrected chi connectivity index (χ4v) is 2.99. The Kier molecular flexibility index (Phi) is 18.3. The van der Waals surface area contributed by atoms with Crippen molar-refractivity contribution in [2.75, 3.05) is 0 Å². The van der Waals surface area contributed by atoms with Gasteiger partial charge in [0.25, 0.3) is 0 Å². The van der Waals surface area contributed by atoms with Gasteiger partial charge in [-0.25, -0.2) is 4.79 Å². The van der Waals surface area contributed by atoms with E-state index in [1.807, 2.05) is 6.92 Å². The van der Waals surface area contributed by atoms with Gasteiger partial charge in [-0.2, -0.15) is 0 Å². The van der Waals surface area contributed by atoms with Gasteiger partial charge in [0.2, 0.25) is 0 Å². The molecular formula is C20H38O2Yb. The van der Waals surface area contributed by atoms with E-state index in [0.29, 0.717) is 0 Å². The maximum atomic E-state index is 10.5. The summed E-state index contributed by atoms with van der Waals surface area (Å²) in [6.07, 6.45) is 12.7. The molecule has 0 aliphatic heterocycles. The summed E-state index contributed by atoms with van der Waals surface area (Å²) in [6.45, 7) is 11.3. The van der Waals surface area contributed by atoms with Crippen molar-refractivity contribution in [3.63, 3.8) is 0 Å². The van der Waals surface area contributed by atoms with Crippen LogP contribution in [0.5, 0.6) is 0 Å². The van der Waals surface area contributed by atoms with Crippen molar-refractivity contribution in [1.29, 1.82) is 0 Å². The van der Waals surface area contributed by atoms with Crippen LogP contribution in [-0.2, 0) is 4.79 Å². The molecule has 144 valence electrons. The van der Waals surface area contributed by atoms with Gasteiger partial charge in [-0.1, -0.05) is 78.2 Å². The predicted molar refractivity (Wildman–Crippen MR) is 96.1 cm³/mol. The Balaban J connectivity index is 0. The number of carboxylic acids is 1. The molecule has 0 saturated heterocycles. The first-order valence-electron chi connectivity index (χ1n) is 9.21. The zero-order valence-corrected chi connectivity index (χ0v) is 17.5. The van der Waals surface area contributed by atoms with Crippen molar-refractivity contribution in [2.45, 2.75) is 92.4 Å². The van der Waals surface area contributed by atoms with Gasteiger partial charge in [0.1, 0.15) is 0 Å². The van der Waals surface area contributed by atoms with Crippen LogP contribution in [0.2, 0.25) is 0 Å². The van der Waals surface area contributed by atoms with E-state index in [4.69, 9.17) is 5.11 Å². The molecule has 0 radical (unpaired) electrons. The van der Waals surface area contributed by atoms with Gasteiger partial charge in [0.05, 0.1) is 0 Å². The summed E-state index contributed by atoms with van der Waals surface area (Å²) in [5.41, 5.74) is 0.985. The largest absolute Gasteiger partial charge is 0.478 e. The summed E-state index contributed by atoms with van der Waals surface area (Å²) < 4.78 is 0. The Bertz CT molecular complexity index is 324. The molecule has 2 nitrogen and oxygen atoms in total. The van der Waals surface area contributed by atoms with Crippen molar-refractivity contribution in [1.82, 2.24) is 0 Å². The molecule has 0 aromatic carbocycles. The molecule has 0 unspecified atom stereocenters. The van der Waals surface area contributed by atoms with Crippen LogP contribution in [0.25, 0.3) is 0 Å². The van der Waals surface area contributed by atoms with Crippen molar-refractivity contribution in [3.05, 3.63) is 11.6 Å². The fourth-order valence-electron chi connectivity index (χ4n) is 2.99. The normalized spacial score (nSPS) is 14.4. The van der Waals surface area contributed by atoms with Crippen LogP contribution in [0.3, 0.4) is 0 Å². The van der Waals surface area contributed by atoms with Crippen molar-refractivity contribution < 1.29 is 56.8 Å². The Morgan fingerprint density at radius 1 is 0.870 bits per heavy atom. The molecule has 0 heterocycles. The third-order valence-corrected chi connectivity index (χ3v) is 4.51. The van der Waals surface area contributed by atoms with E-state index < -0.39 is 5.97 Å². The van der Waals surface area contributed by atoms with Crippen molar-refractivity contribution in [2.24, 2.45) is 17.8 Å². The summed E-state index contributed by atoms with van der Waals surface area (Å²) in [7, 11) is 0. The second-order valence-corrected chi connectivity index (χ2v) is 7.69. The average molecular weight is 484 g/mol. The van der Waals surface area contributed by atoms with E-state index >= 15 is 0 Å². The minimum absolute atomic E-state index is 0. The number of hydrogen-bond acceptors (Lipinski definition) is 1. The first-order valence-corrected chi connectivity index (χ1v) is 9.21. The van der Waals surface area contributed by atoms with Crippen LogP contribution in [0.1, 0.15) is 92.4 Å². The third-order valence-electron chi connectivity index (χ3n) is 4.51. The molecule has 3 heteroatoms. The third kappa shape index (κ3) is 18.9. The van der Waals surface area contributed by atoms with E-state index in [9.17, 15) is 4.79 Å². The number of allylic oxidation sites excluding steroid dienone is 1. The monoisotopic (exact) mass is 484 g/mol. The predicted octanol–water partition coefficient (Wildman–Crippen LogP) is 6.46. The Morgan fingerprint density at radius 3 is 1.74 bits per heavy atom. The zero-order valence-electron chi connectivity index (χ0n) is 15.8. The molecule has 23 heavy (non-hydrogen) atoms. The Labute approximate surface area is 183 Å². The molecular weight excluding hydrogens is 445 g/mol. The smallest absolute Gasteiger partial charge is 0.328 e. The molecule has 0 spiro atoms. The van der Waals surface area contributed by atoms with Gasteiger partial charge in [0.15, 0.2) is 0 Å². The van der Waals surface area contributed by atoms with Gasteiger partial charge in [-0.05, 0) is 37.5 Å². The summed E-state index contributed by atoms with van der Waals surface area (Å²) in [5.74, 6) is 1.65. The molecule has 0 aliphatic rings. The van der Waals surface area contributed by atoms with E-state index in [2.05, 4.69) is 27.7 Å². The van der Waals surface area contributed by atoms with Crippen LogP contribution in [0.4, 0.5) is 0 Å². The van der Waals surface area contributed by atoms with Gasteiger partial charge in [-0.15, -0.1) is 0 Å². The topological polar surface area (TPSA) is 37.3 Å². The van der Waals surface area contributed by atoms with Crippen LogP contribution < -0.4 is 0 Å². The van der Waals surface area contributed by atoms with Crippen molar-refractivity contribution >= 4 is 5.97 Å². The summed E-state index contributed by atoms with van der Waals surface area (Å²) in [4.78, 5) is 10.5. The Hall–Kier alpha value is 0.729. The van der Waals surface area contributed by atoms with E-state index in [1.165, 1.54) is 51.0 Å². The maximum Gasteiger partial charge on any atom is 0.328 e. The van der Waals surface area contributed by atoms with Crippen LogP contribution in [-0.4, -0.2) is 11.1 Å². The second-order valence-electron chi connectivity index (χ2n) is 7.69. The number of aliphatic carboxylic acids is 1. The number of carbonyl (C=O) groups is 1. The SMILES string of the molecule is C/C(=C\C(=O)O)CCC[C@H](C)CCC[C@H](C)CCCC(C)C.[Yb]. The number of rotatable bonds is 13. The molecule has 0 aromatic rings. The summed E-state index contributed by atoms with van der Waals surface area (Å²) in [6, 6.07) is 0. The summed E-state index contributed by atoms with van der Waals surface area (Å²) >= 11 is 0. The molecule has 2 atom stereocenters. The van der Waals surface area contributed by atoms with E-state index in [1.54, 1.807) is 0 Å². The number of hydrogen-bond donors (Lipinski definition) is 1. The first kappa shape index (κ1) is 26.0. The van der Waals surface area contributed by atoms with Crippen LogP contribution in [0, 0.1) is 64.7 Å². The van der Waals surface area contributed by atoms with Gasteiger partial charge in [-0.3, -0.25) is 0 Å². The van der Waals surface area contributed by atoms with Crippen LogP contribution in [0.15, 0.2) is 11.6 Å². The average Bonchev–Trinajstić information content (AvgIpc) is 2.37. The van der Waals surface area contributed by atoms with E-state index in [-0.39, 0.29) is 46.9 Å². The molecule has 0 bridgehead atoms. The van der Waals surface area contributed by atoms with Gasteiger partial charge >= 0.3 is 5.97 Å². The van der Waals surface area contributed by atoms with Gasteiger partial charge < -0.3 is 5.11 Å². The fraction of sp³-hybridized carbons (Fsp3) is 0.850. The molecule has 0 aromatic heterocycles. The molecule has 0 rings (SSSR count). The molecule has 0 aliphatic carbocycles. The van der Waals surface area contributed by atoms with Crippen molar-refractivity contribution in [3.8, 4) is 0 Å². The van der Waals surface area contributed by atoms with Gasteiger partial charge in [0, 0.05) is 53.0 Å². The molecule has 1 N–H and O–H groups in total. The maximum absolute atomic E-state index is 10.5. The standard InChI is InChI=1S/C20H38O2.Yb/c1-16(2)9-6-10-17(3)11-7-12-18(4)13-8-14-19(5)15-20(21)22;/h15-18H,6-14H2,1-5H3,(H,21,22);/b19-15+;/t17-,18-;/m1./s1. The zero-order chi connectivity index (χ0) is 17.0. The number of carboxylic acid groups (broad SMARTS) is 1. The molecule has 0 fully saturated rings. The Morgan fingerprint density at radius 2 is 1.30 bits per heavy atom. The van der Waals surface area contributed by atoms with E-state index in [0.717, 1.165) is 36.2 Å². The summed E-state index contributed by atoms with van der Waals surface area (Å²) in [5, 5.41) is 8.68. The minimum atomic E-state index is -0.822. The second kappa shape index (κ2) is 16.2. The molecule has 0 saturated carbocycles. The first-order chi connectivity index (χ1) is 10.3. The molecule has 0 amide bonds.